The van der Waals surface area contributed by atoms with Gasteiger partial charge in [-0.25, -0.2) is 4.98 Å². The summed E-state index contributed by atoms with van der Waals surface area (Å²) < 4.78 is 13.0. The summed E-state index contributed by atoms with van der Waals surface area (Å²) in [5, 5.41) is 8.93. The van der Waals surface area contributed by atoms with E-state index in [-0.39, 0.29) is 6.04 Å². The molecule has 0 spiro atoms. The van der Waals surface area contributed by atoms with Crippen LogP contribution < -0.4 is 9.47 Å². The number of rotatable bonds is 5. The monoisotopic (exact) mass is 379 g/mol. The molecule has 28 heavy (non-hydrogen) atoms. The van der Waals surface area contributed by atoms with Gasteiger partial charge in [0.25, 0.3) is 0 Å². The van der Waals surface area contributed by atoms with Crippen LogP contribution in [0.25, 0.3) is 11.5 Å². The lowest BCUT2D eigenvalue weighted by Crippen LogP contribution is -2.36. The number of fused-ring (bicyclic) bond motifs is 1. The maximum atomic E-state index is 5.56. The Morgan fingerprint density at radius 2 is 1.93 bits per heavy atom. The lowest BCUT2D eigenvalue weighted by molar-refractivity contribution is 0.155. The Labute approximate surface area is 164 Å². The van der Waals surface area contributed by atoms with Crippen molar-refractivity contribution in [1.82, 2.24) is 24.6 Å². The van der Waals surface area contributed by atoms with E-state index in [9.17, 15) is 0 Å². The number of aryl methyl sites for hydroxylation is 1. The number of benzene rings is 1. The number of nitrogens with zero attached hydrogens (tertiary/aromatic N) is 5. The molecule has 1 aliphatic rings. The fraction of sp³-hybridized carbons (Fsp3) is 0.381. The maximum Gasteiger partial charge on any atom is 0.182 e. The summed E-state index contributed by atoms with van der Waals surface area (Å²) in [7, 11) is 3.35. The second kappa shape index (κ2) is 7.59. The molecule has 0 saturated heterocycles. The number of aromatic nitrogens is 4. The summed E-state index contributed by atoms with van der Waals surface area (Å²) in [6, 6.07) is 12.1. The van der Waals surface area contributed by atoms with Crippen molar-refractivity contribution in [2.45, 2.75) is 33.0 Å². The average Bonchev–Trinajstić information content (AvgIpc) is 3.15. The number of ether oxygens (including phenoxy) is 2. The second-order valence-electron chi connectivity index (χ2n) is 7.02. The highest BCUT2D eigenvalue weighted by atomic mass is 16.5. The first-order chi connectivity index (χ1) is 13.6. The Hall–Kier alpha value is -2.93. The van der Waals surface area contributed by atoms with Crippen LogP contribution in [-0.4, -0.2) is 45.4 Å². The quantitative estimate of drug-likeness (QED) is 0.678. The van der Waals surface area contributed by atoms with E-state index in [2.05, 4.69) is 37.6 Å². The predicted molar refractivity (Wildman–Crippen MR) is 106 cm³/mol. The van der Waals surface area contributed by atoms with Crippen LogP contribution in [0.1, 0.15) is 30.0 Å². The van der Waals surface area contributed by atoms with Crippen molar-refractivity contribution in [3.05, 3.63) is 53.5 Å². The molecule has 0 N–H and O–H groups in total. The predicted octanol–water partition coefficient (Wildman–Crippen LogP) is 3.24. The van der Waals surface area contributed by atoms with Crippen LogP contribution in [0.4, 0.5) is 0 Å². The molecule has 0 bridgehead atoms. The fourth-order valence-corrected chi connectivity index (χ4v) is 3.70. The minimum Gasteiger partial charge on any atom is -0.497 e. The third-order valence-electron chi connectivity index (χ3n) is 5.30. The standard InChI is InChI=1S/C21H25N5O2/c1-14-6-5-7-18(22-14)21-24-23-20-15(2)25(10-11-26(20)21)13-16-8-9-17(27-3)12-19(16)28-4/h5-9,12,15H,10-11,13H2,1-4H3/t15-/m1/s1. The number of pyridine rings is 1. The van der Waals surface area contributed by atoms with Crippen LogP contribution in [-0.2, 0) is 13.1 Å². The van der Waals surface area contributed by atoms with Crippen molar-refractivity contribution in [2.24, 2.45) is 0 Å². The fourth-order valence-electron chi connectivity index (χ4n) is 3.70. The zero-order chi connectivity index (χ0) is 19.7. The number of hydrogen-bond donors (Lipinski definition) is 0. The third kappa shape index (κ3) is 3.33. The number of methoxy groups -OCH3 is 2. The molecule has 7 heteroatoms. The topological polar surface area (TPSA) is 65.3 Å². The maximum absolute atomic E-state index is 5.56. The Kier molecular flexibility index (Phi) is 5.00. The van der Waals surface area contributed by atoms with E-state index in [0.717, 1.165) is 59.7 Å². The summed E-state index contributed by atoms with van der Waals surface area (Å²) >= 11 is 0. The van der Waals surface area contributed by atoms with E-state index in [1.54, 1.807) is 14.2 Å². The second-order valence-corrected chi connectivity index (χ2v) is 7.02. The van der Waals surface area contributed by atoms with Gasteiger partial charge in [0.2, 0.25) is 0 Å². The molecule has 1 atom stereocenters. The molecule has 0 aliphatic carbocycles. The summed E-state index contributed by atoms with van der Waals surface area (Å²) in [6.45, 7) is 6.67. The van der Waals surface area contributed by atoms with Gasteiger partial charge in [0.05, 0.1) is 20.3 Å². The molecular weight excluding hydrogens is 354 g/mol. The van der Waals surface area contributed by atoms with Gasteiger partial charge in [0, 0.05) is 37.0 Å². The van der Waals surface area contributed by atoms with Crippen molar-refractivity contribution in [2.75, 3.05) is 20.8 Å². The van der Waals surface area contributed by atoms with E-state index in [1.807, 2.05) is 37.3 Å². The Bertz CT molecular complexity index is 985. The third-order valence-corrected chi connectivity index (χ3v) is 5.30. The summed E-state index contributed by atoms with van der Waals surface area (Å²) in [5.74, 6) is 3.44. The van der Waals surface area contributed by atoms with E-state index in [0.29, 0.717) is 0 Å². The zero-order valence-electron chi connectivity index (χ0n) is 16.7. The van der Waals surface area contributed by atoms with Crippen LogP contribution >= 0.6 is 0 Å². The van der Waals surface area contributed by atoms with Gasteiger partial charge in [-0.15, -0.1) is 10.2 Å². The van der Waals surface area contributed by atoms with Crippen LogP contribution in [0.2, 0.25) is 0 Å². The van der Waals surface area contributed by atoms with E-state index >= 15 is 0 Å². The molecule has 1 aliphatic heterocycles. The molecule has 146 valence electrons. The minimum atomic E-state index is 0.145. The van der Waals surface area contributed by atoms with Crippen molar-refractivity contribution < 1.29 is 9.47 Å². The molecule has 0 fully saturated rings. The largest absolute Gasteiger partial charge is 0.497 e. The lowest BCUT2D eigenvalue weighted by Gasteiger charge is -2.34. The smallest absolute Gasteiger partial charge is 0.182 e. The SMILES string of the molecule is COc1ccc(CN2CCn3c(-c4cccc(C)n4)nnc3[C@H]2C)c(OC)c1. The lowest BCUT2D eigenvalue weighted by atomic mass is 10.1. The average molecular weight is 379 g/mol. The highest BCUT2D eigenvalue weighted by molar-refractivity contribution is 5.50. The first-order valence-corrected chi connectivity index (χ1v) is 9.42. The summed E-state index contributed by atoms with van der Waals surface area (Å²) in [5.41, 5.74) is 2.98. The van der Waals surface area contributed by atoms with Gasteiger partial charge < -0.3 is 14.0 Å². The zero-order valence-corrected chi connectivity index (χ0v) is 16.7. The summed E-state index contributed by atoms with van der Waals surface area (Å²) in [6.07, 6.45) is 0. The molecule has 7 nitrogen and oxygen atoms in total. The van der Waals surface area contributed by atoms with Crippen molar-refractivity contribution in [1.29, 1.82) is 0 Å². The first kappa shape index (κ1) is 18.4. The van der Waals surface area contributed by atoms with E-state index in [1.165, 1.54) is 0 Å². The van der Waals surface area contributed by atoms with E-state index in [4.69, 9.17) is 9.47 Å². The van der Waals surface area contributed by atoms with Crippen molar-refractivity contribution in [3.8, 4) is 23.0 Å². The molecule has 1 aromatic carbocycles. The van der Waals surface area contributed by atoms with Crippen LogP contribution in [0.15, 0.2) is 36.4 Å². The highest BCUT2D eigenvalue weighted by Crippen LogP contribution is 2.32. The first-order valence-electron chi connectivity index (χ1n) is 9.42. The molecular formula is C21H25N5O2. The van der Waals surface area contributed by atoms with Crippen molar-refractivity contribution in [3.63, 3.8) is 0 Å². The van der Waals surface area contributed by atoms with Gasteiger partial charge in [-0.05, 0) is 32.0 Å². The normalized spacial score (nSPS) is 16.6. The van der Waals surface area contributed by atoms with Crippen LogP contribution in [0.5, 0.6) is 11.5 Å². The Balaban J connectivity index is 1.59. The number of hydrogen-bond acceptors (Lipinski definition) is 6. The molecule has 3 aromatic rings. The molecule has 0 saturated carbocycles. The Morgan fingerprint density at radius 1 is 1.07 bits per heavy atom. The summed E-state index contributed by atoms with van der Waals surface area (Å²) in [4.78, 5) is 7.00. The van der Waals surface area contributed by atoms with Gasteiger partial charge in [-0.1, -0.05) is 12.1 Å². The molecule has 0 radical (unpaired) electrons. The highest BCUT2D eigenvalue weighted by Gasteiger charge is 2.29. The van der Waals surface area contributed by atoms with Gasteiger partial charge >= 0.3 is 0 Å². The van der Waals surface area contributed by atoms with Crippen LogP contribution in [0, 0.1) is 6.92 Å². The van der Waals surface area contributed by atoms with Gasteiger partial charge in [-0.3, -0.25) is 4.90 Å². The van der Waals surface area contributed by atoms with Gasteiger partial charge in [0.1, 0.15) is 17.2 Å². The molecule has 0 amide bonds. The van der Waals surface area contributed by atoms with Crippen LogP contribution in [0.3, 0.4) is 0 Å². The van der Waals surface area contributed by atoms with E-state index < -0.39 is 0 Å². The minimum absolute atomic E-state index is 0.145. The molecule has 0 unspecified atom stereocenters. The van der Waals surface area contributed by atoms with Crippen molar-refractivity contribution >= 4 is 0 Å². The van der Waals surface area contributed by atoms with Gasteiger partial charge in [-0.2, -0.15) is 0 Å². The van der Waals surface area contributed by atoms with Gasteiger partial charge in [0.15, 0.2) is 11.6 Å². The Morgan fingerprint density at radius 3 is 2.68 bits per heavy atom. The molecule has 2 aromatic heterocycles. The molecule has 3 heterocycles. The molecule has 4 rings (SSSR count).